The predicted molar refractivity (Wildman–Crippen MR) is 45.6 cm³/mol. The number of nitrogens with zero attached hydrogens (tertiary/aromatic N) is 1. The summed E-state index contributed by atoms with van der Waals surface area (Å²) in [6, 6.07) is 0. The molecule has 0 atom stereocenters. The first kappa shape index (κ1) is 9.44. The zero-order chi connectivity index (χ0) is 9.84. The van der Waals surface area contributed by atoms with E-state index in [1.165, 1.54) is 6.20 Å². The van der Waals surface area contributed by atoms with Crippen LogP contribution in [0.2, 0.25) is 0 Å². The molecule has 70 valence electrons. The van der Waals surface area contributed by atoms with Gasteiger partial charge in [0.2, 0.25) is 0 Å². The van der Waals surface area contributed by atoms with Crippen molar-refractivity contribution in [3.8, 4) is 0 Å². The molecule has 0 aliphatic heterocycles. The number of aromatic amines is 1. The largest absolute Gasteiger partial charge is 0.481 e. The molecule has 5 heteroatoms. The average molecular weight is 182 g/mol. The minimum absolute atomic E-state index is 0.185. The van der Waals surface area contributed by atoms with Crippen LogP contribution in [0.15, 0.2) is 11.0 Å². The van der Waals surface area contributed by atoms with E-state index in [1.807, 2.05) is 6.92 Å². The molecule has 1 heterocycles. The van der Waals surface area contributed by atoms with E-state index in [4.69, 9.17) is 5.11 Å². The van der Waals surface area contributed by atoms with Gasteiger partial charge < -0.3 is 10.1 Å². The van der Waals surface area contributed by atoms with Crippen molar-refractivity contribution < 1.29 is 9.90 Å². The Labute approximate surface area is 74.4 Å². The highest BCUT2D eigenvalue weighted by atomic mass is 16.4. The Morgan fingerprint density at radius 2 is 2.38 bits per heavy atom. The summed E-state index contributed by atoms with van der Waals surface area (Å²) in [5, 5.41) is 8.44. The van der Waals surface area contributed by atoms with Crippen LogP contribution in [0.1, 0.15) is 18.3 Å². The fourth-order valence-corrected chi connectivity index (χ4v) is 0.927. The molecule has 0 saturated carbocycles. The van der Waals surface area contributed by atoms with Gasteiger partial charge in [-0.1, -0.05) is 6.92 Å². The maximum atomic E-state index is 11.2. The molecule has 2 N–H and O–H groups in total. The van der Waals surface area contributed by atoms with Gasteiger partial charge in [-0.2, -0.15) is 0 Å². The van der Waals surface area contributed by atoms with Crippen molar-refractivity contribution in [3.63, 3.8) is 0 Å². The SMILES string of the molecule is CCc1ncc(CC(=O)O)c(=O)[nH]1. The van der Waals surface area contributed by atoms with E-state index >= 15 is 0 Å². The maximum Gasteiger partial charge on any atom is 0.308 e. The van der Waals surface area contributed by atoms with E-state index < -0.39 is 5.97 Å². The zero-order valence-electron chi connectivity index (χ0n) is 7.20. The van der Waals surface area contributed by atoms with E-state index in [-0.39, 0.29) is 17.5 Å². The standard InChI is InChI=1S/C8H10N2O3/c1-2-6-9-4-5(3-7(11)12)8(13)10-6/h4H,2-3H2,1H3,(H,11,12)(H,9,10,13). The van der Waals surface area contributed by atoms with Gasteiger partial charge in [-0.05, 0) is 0 Å². The summed E-state index contributed by atoms with van der Waals surface area (Å²) in [5.74, 6) is -0.462. The fraction of sp³-hybridized carbons (Fsp3) is 0.375. The van der Waals surface area contributed by atoms with Gasteiger partial charge in [0.25, 0.3) is 5.56 Å². The average Bonchev–Trinajstić information content (AvgIpc) is 2.08. The summed E-state index contributed by atoms with van der Waals surface area (Å²) >= 11 is 0. The topological polar surface area (TPSA) is 83.0 Å². The van der Waals surface area contributed by atoms with Crippen LogP contribution < -0.4 is 5.56 Å². The molecule has 5 nitrogen and oxygen atoms in total. The highest BCUT2D eigenvalue weighted by Crippen LogP contribution is 1.92. The van der Waals surface area contributed by atoms with Crippen molar-refractivity contribution in [1.82, 2.24) is 9.97 Å². The monoisotopic (exact) mass is 182 g/mol. The fourth-order valence-electron chi connectivity index (χ4n) is 0.927. The second-order valence-corrected chi connectivity index (χ2v) is 2.61. The first-order valence-corrected chi connectivity index (χ1v) is 3.92. The van der Waals surface area contributed by atoms with Crippen molar-refractivity contribution in [1.29, 1.82) is 0 Å². The van der Waals surface area contributed by atoms with E-state index in [0.29, 0.717) is 12.2 Å². The van der Waals surface area contributed by atoms with E-state index in [2.05, 4.69) is 9.97 Å². The summed E-state index contributed by atoms with van der Waals surface area (Å²) in [6.07, 6.45) is 1.65. The summed E-state index contributed by atoms with van der Waals surface area (Å²) in [4.78, 5) is 27.9. The lowest BCUT2D eigenvalue weighted by Crippen LogP contribution is -2.18. The second kappa shape index (κ2) is 3.84. The van der Waals surface area contributed by atoms with Crippen LogP contribution in [0.3, 0.4) is 0 Å². The number of aryl methyl sites for hydroxylation is 1. The molecule has 0 amide bonds. The molecule has 13 heavy (non-hydrogen) atoms. The molecule has 1 rings (SSSR count). The quantitative estimate of drug-likeness (QED) is 0.687. The maximum absolute atomic E-state index is 11.2. The van der Waals surface area contributed by atoms with Crippen molar-refractivity contribution in [2.75, 3.05) is 0 Å². The van der Waals surface area contributed by atoms with Gasteiger partial charge >= 0.3 is 5.97 Å². The van der Waals surface area contributed by atoms with Crippen LogP contribution in [0.25, 0.3) is 0 Å². The van der Waals surface area contributed by atoms with Gasteiger partial charge in [-0.3, -0.25) is 9.59 Å². The first-order valence-electron chi connectivity index (χ1n) is 3.92. The molecule has 1 aromatic rings. The molecule has 1 aromatic heterocycles. The molecule has 0 spiro atoms. The Morgan fingerprint density at radius 3 is 2.85 bits per heavy atom. The van der Waals surface area contributed by atoms with Gasteiger partial charge in [-0.25, -0.2) is 4.98 Å². The molecular weight excluding hydrogens is 172 g/mol. The minimum atomic E-state index is -1.03. The lowest BCUT2D eigenvalue weighted by molar-refractivity contribution is -0.136. The molecule has 0 fully saturated rings. The number of aromatic nitrogens is 2. The second-order valence-electron chi connectivity index (χ2n) is 2.61. The van der Waals surface area contributed by atoms with Gasteiger partial charge in [0, 0.05) is 18.2 Å². The molecule has 0 aliphatic rings. The Bertz CT molecular complexity index is 370. The number of rotatable bonds is 3. The smallest absolute Gasteiger partial charge is 0.308 e. The highest BCUT2D eigenvalue weighted by Gasteiger charge is 2.05. The molecule has 0 unspecified atom stereocenters. The van der Waals surface area contributed by atoms with Gasteiger partial charge in [0.15, 0.2) is 0 Å². The van der Waals surface area contributed by atoms with Crippen LogP contribution in [-0.4, -0.2) is 21.0 Å². The molecule has 0 aliphatic carbocycles. The third-order valence-corrected chi connectivity index (χ3v) is 1.60. The Kier molecular flexibility index (Phi) is 2.79. The number of carbonyl (C=O) groups is 1. The van der Waals surface area contributed by atoms with Crippen molar-refractivity contribution in [3.05, 3.63) is 27.9 Å². The lowest BCUT2D eigenvalue weighted by Gasteiger charge is -1.97. The summed E-state index contributed by atoms with van der Waals surface area (Å²) in [5.41, 5.74) is -0.182. The van der Waals surface area contributed by atoms with Gasteiger partial charge in [-0.15, -0.1) is 0 Å². The molecule has 0 bridgehead atoms. The van der Waals surface area contributed by atoms with Crippen LogP contribution in [-0.2, 0) is 17.6 Å². The number of nitrogens with one attached hydrogen (secondary N) is 1. The van der Waals surface area contributed by atoms with Gasteiger partial charge in [0.05, 0.1) is 6.42 Å². The molecular formula is C8H10N2O3. The third-order valence-electron chi connectivity index (χ3n) is 1.60. The molecule has 0 aromatic carbocycles. The number of carboxylic acids is 1. The Balaban J connectivity index is 2.99. The number of hydrogen-bond donors (Lipinski definition) is 2. The minimum Gasteiger partial charge on any atom is -0.481 e. The number of aliphatic carboxylic acids is 1. The van der Waals surface area contributed by atoms with Crippen LogP contribution >= 0.6 is 0 Å². The Morgan fingerprint density at radius 1 is 1.69 bits per heavy atom. The third kappa shape index (κ3) is 2.40. The number of H-pyrrole nitrogens is 1. The van der Waals surface area contributed by atoms with E-state index in [1.54, 1.807) is 0 Å². The van der Waals surface area contributed by atoms with Crippen LogP contribution in [0.5, 0.6) is 0 Å². The van der Waals surface area contributed by atoms with E-state index in [0.717, 1.165) is 0 Å². The normalized spacial score (nSPS) is 9.92. The van der Waals surface area contributed by atoms with Crippen molar-refractivity contribution >= 4 is 5.97 Å². The Hall–Kier alpha value is -1.65. The van der Waals surface area contributed by atoms with Crippen molar-refractivity contribution in [2.45, 2.75) is 19.8 Å². The molecule has 0 radical (unpaired) electrons. The predicted octanol–water partition coefficient (Wildman–Crippen LogP) is -0.0406. The van der Waals surface area contributed by atoms with Gasteiger partial charge in [0.1, 0.15) is 5.82 Å². The zero-order valence-corrected chi connectivity index (χ0v) is 7.20. The lowest BCUT2D eigenvalue weighted by atomic mass is 10.2. The first-order chi connectivity index (χ1) is 6.13. The highest BCUT2D eigenvalue weighted by molar-refractivity contribution is 5.69. The summed E-state index contributed by atoms with van der Waals surface area (Å²) < 4.78 is 0. The summed E-state index contributed by atoms with van der Waals surface area (Å²) in [6.45, 7) is 1.86. The van der Waals surface area contributed by atoms with Crippen LogP contribution in [0.4, 0.5) is 0 Å². The molecule has 0 saturated heterocycles. The number of carboxylic acid groups (broad SMARTS) is 1. The number of hydrogen-bond acceptors (Lipinski definition) is 3. The van der Waals surface area contributed by atoms with Crippen molar-refractivity contribution in [2.24, 2.45) is 0 Å². The van der Waals surface area contributed by atoms with Crippen LogP contribution in [0, 0.1) is 0 Å². The van der Waals surface area contributed by atoms with E-state index in [9.17, 15) is 9.59 Å². The summed E-state index contributed by atoms with van der Waals surface area (Å²) in [7, 11) is 0.